The Kier molecular flexibility index (Phi) is 7.49. The quantitative estimate of drug-likeness (QED) is 0.785. The zero-order valence-corrected chi connectivity index (χ0v) is 15.8. The Bertz CT molecular complexity index is 582. The molecule has 2 heterocycles. The number of piperidine rings is 1. The fraction of sp³-hybridized carbons (Fsp3) is 0.647. The van der Waals surface area contributed by atoms with Gasteiger partial charge in [-0.1, -0.05) is 0 Å². The van der Waals surface area contributed by atoms with Crippen molar-refractivity contribution in [3.05, 3.63) is 17.8 Å². The van der Waals surface area contributed by atoms with Crippen LogP contribution in [0.25, 0.3) is 0 Å². The second kappa shape index (κ2) is 9.60. The van der Waals surface area contributed by atoms with Gasteiger partial charge in [0.1, 0.15) is 12.1 Å². The summed E-state index contributed by atoms with van der Waals surface area (Å²) < 4.78 is 5.87. The maximum atomic E-state index is 12.8. The van der Waals surface area contributed by atoms with Gasteiger partial charge in [0.05, 0.1) is 12.2 Å². The number of thioether (sulfide) groups is 1. The number of rotatable bonds is 7. The third-order valence-corrected chi connectivity index (χ3v) is 4.68. The molecule has 1 fully saturated rings. The predicted molar refractivity (Wildman–Crippen MR) is 97.6 cm³/mol. The van der Waals surface area contributed by atoms with Crippen molar-refractivity contribution in [2.45, 2.75) is 45.3 Å². The van der Waals surface area contributed by atoms with E-state index in [1.54, 1.807) is 22.7 Å². The van der Waals surface area contributed by atoms with E-state index in [2.05, 4.69) is 15.5 Å². The van der Waals surface area contributed by atoms with Crippen molar-refractivity contribution in [3.63, 3.8) is 0 Å². The number of hydrogen-bond acceptors (Lipinski definition) is 6. The van der Waals surface area contributed by atoms with Crippen molar-refractivity contribution in [1.29, 1.82) is 0 Å². The summed E-state index contributed by atoms with van der Waals surface area (Å²) in [6.45, 7) is 4.50. The van der Waals surface area contributed by atoms with Crippen molar-refractivity contribution < 1.29 is 14.3 Å². The topological polar surface area (TPSA) is 84.4 Å². The predicted octanol–water partition coefficient (Wildman–Crippen LogP) is 1.41. The summed E-state index contributed by atoms with van der Waals surface area (Å²) in [7, 11) is 0. The van der Waals surface area contributed by atoms with Gasteiger partial charge in [0, 0.05) is 19.5 Å². The first-order valence-corrected chi connectivity index (χ1v) is 9.90. The highest BCUT2D eigenvalue weighted by atomic mass is 32.2. The molecule has 1 aromatic rings. The van der Waals surface area contributed by atoms with Crippen LogP contribution in [0.5, 0.6) is 5.88 Å². The van der Waals surface area contributed by atoms with Crippen LogP contribution in [0.2, 0.25) is 0 Å². The molecular weight excluding hydrogens is 340 g/mol. The van der Waals surface area contributed by atoms with E-state index in [1.165, 1.54) is 6.92 Å². The van der Waals surface area contributed by atoms with E-state index in [9.17, 15) is 9.59 Å². The fourth-order valence-electron chi connectivity index (χ4n) is 2.81. The normalized spacial score (nSPS) is 18.5. The molecule has 0 aromatic carbocycles. The van der Waals surface area contributed by atoms with Crippen LogP contribution < -0.4 is 10.1 Å². The van der Waals surface area contributed by atoms with Crippen LogP contribution in [0, 0.1) is 6.92 Å². The SMILES string of the molecule is CSCCC(NC(C)=O)C(=O)N1CCCC(Oc2ccc(C)nn2)C1. The van der Waals surface area contributed by atoms with E-state index in [-0.39, 0.29) is 17.9 Å². The summed E-state index contributed by atoms with van der Waals surface area (Å²) in [6.07, 6.45) is 4.25. The van der Waals surface area contributed by atoms with Gasteiger partial charge in [-0.15, -0.1) is 5.10 Å². The minimum absolute atomic E-state index is 0.0347. The minimum atomic E-state index is -0.470. The lowest BCUT2D eigenvalue weighted by Gasteiger charge is -2.34. The van der Waals surface area contributed by atoms with E-state index in [4.69, 9.17) is 4.74 Å². The molecule has 2 unspecified atom stereocenters. The van der Waals surface area contributed by atoms with E-state index in [0.717, 1.165) is 24.3 Å². The Labute approximate surface area is 152 Å². The maximum Gasteiger partial charge on any atom is 0.245 e. The molecule has 2 atom stereocenters. The lowest BCUT2D eigenvalue weighted by atomic mass is 10.1. The summed E-state index contributed by atoms with van der Waals surface area (Å²) in [5.74, 6) is 1.08. The molecule has 2 rings (SSSR count). The van der Waals surface area contributed by atoms with E-state index >= 15 is 0 Å². The van der Waals surface area contributed by atoms with E-state index < -0.39 is 6.04 Å². The summed E-state index contributed by atoms with van der Waals surface area (Å²) in [5, 5.41) is 10.8. The monoisotopic (exact) mass is 366 g/mol. The molecule has 7 nitrogen and oxygen atoms in total. The number of hydrogen-bond donors (Lipinski definition) is 1. The maximum absolute atomic E-state index is 12.8. The van der Waals surface area contributed by atoms with Gasteiger partial charge in [-0.2, -0.15) is 16.9 Å². The Morgan fingerprint density at radius 1 is 1.44 bits per heavy atom. The molecule has 2 amide bonds. The van der Waals surface area contributed by atoms with Crippen molar-refractivity contribution in [2.24, 2.45) is 0 Å². The van der Waals surface area contributed by atoms with Gasteiger partial charge in [-0.05, 0) is 44.3 Å². The van der Waals surface area contributed by atoms with Crippen molar-refractivity contribution in [2.75, 3.05) is 25.1 Å². The third kappa shape index (κ3) is 6.19. The smallest absolute Gasteiger partial charge is 0.245 e. The molecule has 0 saturated carbocycles. The Hall–Kier alpha value is -1.83. The fourth-order valence-corrected chi connectivity index (χ4v) is 3.29. The molecule has 0 aliphatic carbocycles. The molecular formula is C17H26N4O3S. The molecule has 138 valence electrons. The molecule has 0 spiro atoms. The van der Waals surface area contributed by atoms with Gasteiger partial charge in [-0.3, -0.25) is 9.59 Å². The number of nitrogens with one attached hydrogen (secondary N) is 1. The molecule has 1 saturated heterocycles. The number of aromatic nitrogens is 2. The van der Waals surface area contributed by atoms with Crippen LogP contribution in [0.15, 0.2) is 12.1 Å². The first-order chi connectivity index (χ1) is 12.0. The standard InChI is InChI=1S/C17H26N4O3S/c1-12-6-7-16(20-19-12)24-14-5-4-9-21(11-14)17(23)15(8-10-25-3)18-13(2)22/h6-7,14-15H,4-5,8-11H2,1-3H3,(H,18,22). The molecule has 0 radical (unpaired) electrons. The van der Waals surface area contributed by atoms with Crippen LogP contribution in [-0.2, 0) is 9.59 Å². The van der Waals surface area contributed by atoms with Gasteiger partial charge in [0.15, 0.2) is 0 Å². The largest absolute Gasteiger partial charge is 0.471 e. The number of ether oxygens (including phenoxy) is 1. The molecule has 0 bridgehead atoms. The number of likely N-dealkylation sites (tertiary alicyclic amines) is 1. The lowest BCUT2D eigenvalue weighted by molar-refractivity contribution is -0.138. The highest BCUT2D eigenvalue weighted by molar-refractivity contribution is 7.98. The number of nitrogens with zero attached hydrogens (tertiary/aromatic N) is 3. The van der Waals surface area contributed by atoms with Crippen LogP contribution >= 0.6 is 11.8 Å². The number of carbonyl (C=O) groups is 2. The number of amides is 2. The third-order valence-electron chi connectivity index (χ3n) is 4.04. The molecule has 1 aromatic heterocycles. The van der Waals surface area contributed by atoms with Gasteiger partial charge in [0.2, 0.25) is 17.7 Å². The Balaban J connectivity index is 1.96. The van der Waals surface area contributed by atoms with Gasteiger partial charge >= 0.3 is 0 Å². The minimum Gasteiger partial charge on any atom is -0.471 e. The molecule has 1 N–H and O–H groups in total. The first kappa shape index (κ1) is 19.5. The van der Waals surface area contributed by atoms with Gasteiger partial charge in [-0.25, -0.2) is 0 Å². The zero-order chi connectivity index (χ0) is 18.2. The van der Waals surface area contributed by atoms with Crippen LogP contribution in [0.4, 0.5) is 0 Å². The molecule has 8 heteroatoms. The van der Waals surface area contributed by atoms with Crippen molar-refractivity contribution >= 4 is 23.6 Å². The van der Waals surface area contributed by atoms with Gasteiger partial charge in [0.25, 0.3) is 0 Å². The zero-order valence-electron chi connectivity index (χ0n) is 15.0. The van der Waals surface area contributed by atoms with E-state index in [0.29, 0.717) is 25.4 Å². The Morgan fingerprint density at radius 3 is 2.88 bits per heavy atom. The highest BCUT2D eigenvalue weighted by Gasteiger charge is 2.30. The highest BCUT2D eigenvalue weighted by Crippen LogP contribution is 2.18. The Morgan fingerprint density at radius 2 is 2.24 bits per heavy atom. The summed E-state index contributed by atoms with van der Waals surface area (Å²) in [6, 6.07) is 3.17. The number of carbonyl (C=O) groups excluding carboxylic acids is 2. The lowest BCUT2D eigenvalue weighted by Crippen LogP contribution is -2.52. The summed E-state index contributed by atoms with van der Waals surface area (Å²) in [4.78, 5) is 26.0. The average molecular weight is 366 g/mol. The molecule has 1 aliphatic heterocycles. The van der Waals surface area contributed by atoms with Crippen LogP contribution in [-0.4, -0.2) is 64.2 Å². The first-order valence-electron chi connectivity index (χ1n) is 8.51. The van der Waals surface area contributed by atoms with Crippen molar-refractivity contribution in [3.8, 4) is 5.88 Å². The molecule has 1 aliphatic rings. The summed E-state index contributed by atoms with van der Waals surface area (Å²) in [5.41, 5.74) is 0.833. The van der Waals surface area contributed by atoms with Gasteiger partial charge < -0.3 is 15.0 Å². The summed E-state index contributed by atoms with van der Waals surface area (Å²) >= 11 is 1.66. The average Bonchev–Trinajstić information content (AvgIpc) is 2.60. The van der Waals surface area contributed by atoms with Crippen molar-refractivity contribution in [1.82, 2.24) is 20.4 Å². The second-order valence-corrected chi connectivity index (χ2v) is 7.20. The van der Waals surface area contributed by atoms with Crippen LogP contribution in [0.3, 0.4) is 0 Å². The second-order valence-electron chi connectivity index (χ2n) is 6.21. The van der Waals surface area contributed by atoms with Crippen LogP contribution in [0.1, 0.15) is 31.9 Å². The van der Waals surface area contributed by atoms with E-state index in [1.807, 2.05) is 19.2 Å². The number of aryl methyl sites for hydroxylation is 1. The molecule has 25 heavy (non-hydrogen) atoms.